The highest BCUT2D eigenvalue weighted by atomic mass is 15.2. The van der Waals surface area contributed by atoms with Crippen molar-refractivity contribution in [1.29, 1.82) is 0 Å². The lowest BCUT2D eigenvalue weighted by molar-refractivity contribution is 0.197. The Morgan fingerprint density at radius 1 is 1.08 bits per heavy atom. The molecule has 1 aromatic carbocycles. The second-order valence-electron chi connectivity index (χ2n) is 8.51. The lowest BCUT2D eigenvalue weighted by Gasteiger charge is -2.41. The fourth-order valence-corrected chi connectivity index (χ4v) is 5.00. The molecule has 0 aromatic heterocycles. The molecule has 1 aliphatic carbocycles. The molecule has 1 aromatic rings. The third-order valence-corrected chi connectivity index (χ3v) is 6.15. The van der Waals surface area contributed by atoms with Gasteiger partial charge in [0, 0.05) is 29.1 Å². The van der Waals surface area contributed by atoms with Crippen LogP contribution in [0.15, 0.2) is 53.8 Å². The van der Waals surface area contributed by atoms with Crippen molar-refractivity contribution in [3.05, 3.63) is 59.3 Å². The highest BCUT2D eigenvalue weighted by Crippen LogP contribution is 2.48. The summed E-state index contributed by atoms with van der Waals surface area (Å²) in [6.07, 6.45) is 9.55. The fourth-order valence-electron chi connectivity index (χ4n) is 5.00. The van der Waals surface area contributed by atoms with Crippen molar-refractivity contribution in [3.8, 4) is 0 Å². The molecule has 0 radical (unpaired) electrons. The van der Waals surface area contributed by atoms with Crippen molar-refractivity contribution in [2.45, 2.75) is 71.3 Å². The van der Waals surface area contributed by atoms with E-state index in [0.717, 1.165) is 13.0 Å². The van der Waals surface area contributed by atoms with Crippen LogP contribution < -0.4 is 0 Å². The Morgan fingerprint density at radius 2 is 1.79 bits per heavy atom. The topological polar surface area (TPSA) is 3.24 Å². The SMILES string of the molecule is CCC1=C(N2CC(C)(c3ccccc3)CC2(C)C)[C@@H](CC)CC=C1. The van der Waals surface area contributed by atoms with Crippen LogP contribution in [0.5, 0.6) is 0 Å². The minimum Gasteiger partial charge on any atom is -0.368 e. The van der Waals surface area contributed by atoms with Crippen LogP contribution in [-0.4, -0.2) is 17.0 Å². The number of hydrogen-bond donors (Lipinski definition) is 0. The van der Waals surface area contributed by atoms with Crippen molar-refractivity contribution >= 4 is 0 Å². The van der Waals surface area contributed by atoms with Crippen LogP contribution in [0.2, 0.25) is 0 Å². The van der Waals surface area contributed by atoms with Crippen LogP contribution in [0.4, 0.5) is 0 Å². The lowest BCUT2D eigenvalue weighted by atomic mass is 9.78. The summed E-state index contributed by atoms with van der Waals surface area (Å²) in [6.45, 7) is 13.1. The van der Waals surface area contributed by atoms with Gasteiger partial charge in [0.25, 0.3) is 0 Å². The normalized spacial score (nSPS) is 29.4. The zero-order valence-corrected chi connectivity index (χ0v) is 16.1. The summed E-state index contributed by atoms with van der Waals surface area (Å²) in [6, 6.07) is 11.1. The summed E-state index contributed by atoms with van der Waals surface area (Å²) in [4.78, 5) is 2.76. The zero-order valence-electron chi connectivity index (χ0n) is 16.1. The van der Waals surface area contributed by atoms with Gasteiger partial charge >= 0.3 is 0 Å². The molecular formula is C23H33N. The average Bonchev–Trinajstić information content (AvgIpc) is 2.84. The minimum atomic E-state index is 0.207. The molecule has 0 amide bonds. The molecule has 3 rings (SSSR count). The molecule has 24 heavy (non-hydrogen) atoms. The molecule has 0 saturated carbocycles. The van der Waals surface area contributed by atoms with E-state index in [1.807, 2.05) is 0 Å². The Hall–Kier alpha value is -1.50. The molecule has 2 aliphatic rings. The maximum Gasteiger partial charge on any atom is 0.0352 e. The molecule has 1 heterocycles. The third kappa shape index (κ3) is 2.94. The van der Waals surface area contributed by atoms with Crippen LogP contribution in [-0.2, 0) is 5.41 Å². The van der Waals surface area contributed by atoms with E-state index in [0.29, 0.717) is 5.92 Å². The molecule has 1 unspecified atom stereocenters. The standard InChI is InChI=1S/C23H33N/c1-6-18-12-11-13-19(7-2)21(18)24-17-23(5,16-22(24,3)4)20-14-9-8-10-15-20/h8-12,14-15,19H,6-7,13,16-17H2,1-5H3/t19-,23?/m0/s1. The van der Waals surface area contributed by atoms with Gasteiger partial charge in [0.1, 0.15) is 0 Å². The molecular weight excluding hydrogens is 290 g/mol. The number of likely N-dealkylation sites (tertiary alicyclic amines) is 1. The predicted octanol–water partition coefficient (Wildman–Crippen LogP) is 6.08. The van der Waals surface area contributed by atoms with E-state index >= 15 is 0 Å². The van der Waals surface area contributed by atoms with Crippen molar-refractivity contribution in [2.24, 2.45) is 5.92 Å². The van der Waals surface area contributed by atoms with Crippen LogP contribution in [0.25, 0.3) is 0 Å². The Labute approximate surface area is 148 Å². The molecule has 2 atom stereocenters. The predicted molar refractivity (Wildman–Crippen MR) is 104 cm³/mol. The zero-order chi connectivity index (χ0) is 17.4. The minimum absolute atomic E-state index is 0.207. The lowest BCUT2D eigenvalue weighted by Crippen LogP contribution is -2.40. The number of allylic oxidation sites excluding steroid dienone is 4. The average molecular weight is 324 g/mol. The first kappa shape index (κ1) is 17.3. The second kappa shape index (κ2) is 6.43. The third-order valence-electron chi connectivity index (χ3n) is 6.15. The molecule has 1 fully saturated rings. The van der Waals surface area contributed by atoms with Gasteiger partial charge in [0.2, 0.25) is 0 Å². The van der Waals surface area contributed by atoms with Crippen LogP contribution in [0.1, 0.15) is 65.9 Å². The summed E-state index contributed by atoms with van der Waals surface area (Å²) < 4.78 is 0. The van der Waals surface area contributed by atoms with Crippen molar-refractivity contribution in [2.75, 3.05) is 6.54 Å². The molecule has 0 spiro atoms. The van der Waals surface area contributed by atoms with E-state index in [9.17, 15) is 0 Å². The van der Waals surface area contributed by atoms with Gasteiger partial charge in [0.15, 0.2) is 0 Å². The summed E-state index contributed by atoms with van der Waals surface area (Å²) >= 11 is 0. The Bertz CT molecular complexity index is 637. The van der Waals surface area contributed by atoms with Gasteiger partial charge in [-0.2, -0.15) is 0 Å². The fraction of sp³-hybridized carbons (Fsp3) is 0.565. The summed E-state index contributed by atoms with van der Waals surface area (Å²) in [5.41, 5.74) is 5.11. The van der Waals surface area contributed by atoms with Gasteiger partial charge in [-0.3, -0.25) is 0 Å². The maximum atomic E-state index is 2.76. The Morgan fingerprint density at radius 3 is 2.42 bits per heavy atom. The van der Waals surface area contributed by atoms with Crippen molar-refractivity contribution < 1.29 is 0 Å². The summed E-state index contributed by atoms with van der Waals surface area (Å²) in [7, 11) is 0. The van der Waals surface area contributed by atoms with Crippen LogP contribution in [0, 0.1) is 5.92 Å². The van der Waals surface area contributed by atoms with E-state index in [2.05, 4.69) is 82.0 Å². The van der Waals surface area contributed by atoms with Gasteiger partial charge in [0.05, 0.1) is 0 Å². The van der Waals surface area contributed by atoms with Crippen LogP contribution >= 0.6 is 0 Å². The number of nitrogens with zero attached hydrogens (tertiary/aromatic N) is 1. The summed E-state index contributed by atoms with van der Waals surface area (Å²) in [5.74, 6) is 0.683. The molecule has 1 aliphatic heterocycles. The van der Waals surface area contributed by atoms with E-state index in [1.54, 1.807) is 11.3 Å². The number of hydrogen-bond acceptors (Lipinski definition) is 1. The first-order valence-corrected chi connectivity index (χ1v) is 9.64. The van der Waals surface area contributed by atoms with Gasteiger partial charge in [-0.15, -0.1) is 0 Å². The quantitative estimate of drug-likeness (QED) is 0.649. The van der Waals surface area contributed by atoms with Gasteiger partial charge < -0.3 is 4.90 Å². The monoisotopic (exact) mass is 323 g/mol. The maximum absolute atomic E-state index is 2.76. The van der Waals surface area contributed by atoms with Gasteiger partial charge in [-0.25, -0.2) is 0 Å². The van der Waals surface area contributed by atoms with Crippen molar-refractivity contribution in [3.63, 3.8) is 0 Å². The van der Waals surface area contributed by atoms with E-state index < -0.39 is 0 Å². The second-order valence-corrected chi connectivity index (χ2v) is 8.51. The summed E-state index contributed by atoms with van der Waals surface area (Å²) in [5, 5.41) is 0. The van der Waals surface area contributed by atoms with Crippen LogP contribution in [0.3, 0.4) is 0 Å². The molecule has 0 bridgehead atoms. The Kier molecular flexibility index (Phi) is 4.64. The van der Waals surface area contributed by atoms with E-state index in [-0.39, 0.29) is 11.0 Å². The van der Waals surface area contributed by atoms with Crippen molar-refractivity contribution in [1.82, 2.24) is 4.90 Å². The Balaban J connectivity index is 2.02. The number of benzene rings is 1. The molecule has 1 nitrogen and oxygen atoms in total. The van der Waals surface area contributed by atoms with E-state index in [4.69, 9.17) is 0 Å². The van der Waals surface area contributed by atoms with Gasteiger partial charge in [-0.1, -0.05) is 63.3 Å². The first-order chi connectivity index (χ1) is 11.4. The largest absolute Gasteiger partial charge is 0.368 e. The molecule has 1 heteroatoms. The highest BCUT2D eigenvalue weighted by molar-refractivity contribution is 5.36. The number of rotatable bonds is 4. The van der Waals surface area contributed by atoms with E-state index in [1.165, 1.54) is 24.8 Å². The molecule has 0 N–H and O–H groups in total. The smallest absolute Gasteiger partial charge is 0.0352 e. The molecule has 1 saturated heterocycles. The van der Waals surface area contributed by atoms with Gasteiger partial charge in [-0.05, 0) is 50.7 Å². The molecule has 130 valence electrons. The highest BCUT2D eigenvalue weighted by Gasteiger charge is 2.48. The first-order valence-electron chi connectivity index (χ1n) is 9.64.